The molecule has 0 N–H and O–H groups in total. The van der Waals surface area contributed by atoms with Gasteiger partial charge in [0.25, 0.3) is 0 Å². The van der Waals surface area contributed by atoms with Crippen LogP contribution < -0.4 is 0 Å². The Kier molecular flexibility index (Phi) is 143. The van der Waals surface area contributed by atoms with Crippen LogP contribution >= 0.6 is 43.1 Å². The van der Waals surface area contributed by atoms with Crippen molar-refractivity contribution in [2.45, 2.75) is 0 Å². The van der Waals surface area contributed by atoms with Crippen LogP contribution in [-0.4, -0.2) is 0 Å². The third-order valence-electron chi connectivity index (χ3n) is 0. The predicted octanol–water partition coefficient (Wildman–Crippen LogP) is 1.10. The van der Waals surface area contributed by atoms with Crippen molar-refractivity contribution >= 4 is 43.1 Å². The van der Waals surface area contributed by atoms with Crippen LogP contribution in [0, 0.1) is 0 Å². The molecule has 0 bridgehead atoms. The fraction of sp³-hybridized carbons (Fsp3) is 0. The van der Waals surface area contributed by atoms with Crippen molar-refractivity contribution in [3.63, 3.8) is 0 Å². The Morgan fingerprint density at radius 2 is 1.00 bits per heavy atom. The van der Waals surface area contributed by atoms with Gasteiger partial charge in [-0.3, -0.25) is 0 Å². The molecule has 0 radical (unpaired) electrons. The van der Waals surface area contributed by atoms with E-state index >= 15 is 0 Å². The van der Waals surface area contributed by atoms with Crippen molar-refractivity contribution in [3.05, 3.63) is 0 Å². The van der Waals surface area contributed by atoms with E-state index in [1.165, 1.54) is 0 Å². The summed E-state index contributed by atoms with van der Waals surface area (Å²) in [7, 11) is 0.611. The highest BCUT2D eigenvalue weighted by molar-refractivity contribution is 8.93. The van der Waals surface area contributed by atoms with Crippen LogP contribution in [0.15, 0.2) is 0 Å². The Labute approximate surface area is 47.9 Å². The Bertz CT molecular complexity index is 6.00. The quantitative estimate of drug-likeness (QED) is 0.549. The van der Waals surface area contributed by atoms with Gasteiger partial charge in [0, 0.05) is 0 Å². The maximum atomic E-state index is 8.28. The summed E-state index contributed by atoms with van der Waals surface area (Å²) in [6.07, 6.45) is 0. The molecule has 0 aromatic rings. The second kappa shape index (κ2) is 30.1. The van der Waals surface area contributed by atoms with Gasteiger partial charge in [0.2, 0.25) is 0 Å². The molecule has 30 valence electrons. The predicted molar refractivity (Wildman–Crippen MR) is 32.4 cm³/mol. The maximum absolute atomic E-state index is 8.28. The van der Waals surface area contributed by atoms with Crippen LogP contribution in [0.1, 0.15) is 0 Å². The molecule has 1 nitrogen and oxygen atoms in total. The molecule has 0 aliphatic carbocycles. The first kappa shape index (κ1) is 19.0. The van der Waals surface area contributed by atoms with Gasteiger partial charge in [-0.25, -0.2) is 0 Å². The van der Waals surface area contributed by atoms with Gasteiger partial charge in [-0.1, -0.05) is 0 Å². The molecule has 0 heterocycles. The Hall–Kier alpha value is 1.19. The minimum Gasteiger partial charge on any atom is -0.333 e. The zero-order chi connectivity index (χ0) is 2.00. The van der Waals surface area contributed by atoms with E-state index in [1.54, 1.807) is 0 Å². The van der Waals surface area contributed by atoms with Crippen molar-refractivity contribution in [1.29, 1.82) is 0 Å². The van der Waals surface area contributed by atoms with Crippen molar-refractivity contribution in [1.82, 2.24) is 0 Å². The van der Waals surface area contributed by atoms with Crippen LogP contribution in [0.3, 0.4) is 0 Å². The molecule has 4 heavy (non-hydrogen) atoms. The number of halogens is 2. The molecule has 1 atom stereocenters. The summed E-state index contributed by atoms with van der Waals surface area (Å²) in [5, 5.41) is 0. The van der Waals surface area contributed by atoms with Crippen LogP contribution in [0.5, 0.6) is 0 Å². The van der Waals surface area contributed by atoms with Crippen molar-refractivity contribution in [3.8, 4) is 0 Å². The van der Waals surface area contributed by atoms with E-state index < -0.39 is 0 Å². The molecular formula is H5Br2OP. The molecule has 1 unspecified atom stereocenters. The normalized spacial score (nSPS) is 2.00. The molecule has 4 heteroatoms. The molecule has 0 spiro atoms. The minimum absolute atomic E-state index is 0. The molecule has 0 aromatic heterocycles. The summed E-state index contributed by atoms with van der Waals surface area (Å²) in [5.41, 5.74) is 0. The van der Waals surface area contributed by atoms with Gasteiger partial charge in [0.15, 0.2) is 0 Å². The largest absolute Gasteiger partial charge is 0.333 e. The summed E-state index contributed by atoms with van der Waals surface area (Å²) in [6, 6.07) is 0. The lowest BCUT2D eigenvalue weighted by Crippen LogP contribution is -0.489. The summed E-state index contributed by atoms with van der Waals surface area (Å²) in [4.78, 5) is 0. The molecule has 0 aliphatic heterocycles. The highest BCUT2D eigenvalue weighted by Crippen LogP contribution is 1.23. The smallest absolute Gasteiger partial charge is 0.0527 e. The van der Waals surface area contributed by atoms with Gasteiger partial charge in [-0.15, -0.1) is 34.0 Å². The van der Waals surface area contributed by atoms with E-state index in [2.05, 4.69) is 0 Å². The highest BCUT2D eigenvalue weighted by atomic mass is 79.9. The Balaban J connectivity index is -0.00000000500. The van der Waals surface area contributed by atoms with Gasteiger partial charge in [0.1, 0.15) is 0 Å². The van der Waals surface area contributed by atoms with Crippen LogP contribution in [-0.2, 0) is 4.57 Å². The fourth-order valence-electron chi connectivity index (χ4n) is 0. The van der Waals surface area contributed by atoms with Gasteiger partial charge in [-0.2, -0.15) is 0 Å². The first-order valence-electron chi connectivity index (χ1n) is 0.289. The van der Waals surface area contributed by atoms with E-state index in [4.69, 9.17) is 4.57 Å². The summed E-state index contributed by atoms with van der Waals surface area (Å²) >= 11 is 0. The molecule has 0 amide bonds. The fourth-order valence-corrected chi connectivity index (χ4v) is 0. The topological polar surface area (TPSA) is 17.1 Å². The molecule has 0 saturated carbocycles. The Morgan fingerprint density at radius 3 is 1.00 bits per heavy atom. The van der Waals surface area contributed by atoms with E-state index in [0.717, 1.165) is 0 Å². The zero-order valence-electron chi connectivity index (χ0n) is 1.93. The third-order valence-corrected chi connectivity index (χ3v) is 0. The number of hydrogen-bond acceptors (Lipinski definition) is 1. The Morgan fingerprint density at radius 1 is 1.00 bits per heavy atom. The lowest BCUT2D eigenvalue weighted by Gasteiger charge is -0.873. The summed E-state index contributed by atoms with van der Waals surface area (Å²) < 4.78 is 8.28. The van der Waals surface area contributed by atoms with Crippen molar-refractivity contribution < 1.29 is 4.57 Å². The van der Waals surface area contributed by atoms with Gasteiger partial charge in [0.05, 0.1) is 9.12 Å². The molecule has 0 saturated heterocycles. The first-order chi connectivity index (χ1) is 1.00. The lowest BCUT2D eigenvalue weighted by molar-refractivity contribution is 0.607. The first-order valence-corrected chi connectivity index (χ1v) is 0.866. The van der Waals surface area contributed by atoms with E-state index in [0.29, 0.717) is 9.12 Å². The number of hydrogen-bond donors (Lipinski definition) is 0. The standard InChI is InChI=1S/2BrH.H3OP/c;;1-2/h2*1H;2H3. The molecule has 0 aliphatic rings. The third kappa shape index (κ3) is 10.8. The molecule has 0 rings (SSSR count). The maximum Gasteiger partial charge on any atom is 0.0527 e. The van der Waals surface area contributed by atoms with Crippen LogP contribution in [0.25, 0.3) is 0 Å². The van der Waals surface area contributed by atoms with Gasteiger partial charge in [-0.05, 0) is 0 Å². The molecule has 0 aromatic carbocycles. The van der Waals surface area contributed by atoms with Crippen LogP contribution in [0.4, 0.5) is 0 Å². The molecule has 0 fully saturated rings. The van der Waals surface area contributed by atoms with E-state index in [1.807, 2.05) is 0 Å². The highest BCUT2D eigenvalue weighted by Gasteiger charge is 0.593. The van der Waals surface area contributed by atoms with E-state index in [9.17, 15) is 0 Å². The summed E-state index contributed by atoms with van der Waals surface area (Å²) in [6.45, 7) is 0. The second-order valence-corrected chi connectivity index (χ2v) is 0. The van der Waals surface area contributed by atoms with Gasteiger partial charge >= 0.3 is 0 Å². The summed E-state index contributed by atoms with van der Waals surface area (Å²) in [5.74, 6) is 0. The minimum atomic E-state index is 0. The SMILES string of the molecule is Br.Br.O=[PH3]. The van der Waals surface area contributed by atoms with E-state index in [-0.39, 0.29) is 34.0 Å². The van der Waals surface area contributed by atoms with Crippen molar-refractivity contribution in [2.75, 3.05) is 0 Å². The zero-order valence-corrected chi connectivity index (χ0v) is 6.77. The molecular weight excluding hydrogens is 207 g/mol. The lowest BCUT2D eigenvalue weighted by atomic mass is 16.0. The van der Waals surface area contributed by atoms with Crippen LogP contribution in [0.2, 0.25) is 0 Å². The van der Waals surface area contributed by atoms with Crippen molar-refractivity contribution in [2.24, 2.45) is 0 Å². The monoisotopic (exact) mass is 210 g/mol. The average molecular weight is 212 g/mol. The average Bonchev–Trinajstić information content (AvgIpc) is 1.00. The number of rotatable bonds is 0. The second-order valence-electron chi connectivity index (χ2n) is 0. The van der Waals surface area contributed by atoms with Gasteiger partial charge < -0.3 is 4.57 Å².